The molecule has 0 spiro atoms. The van der Waals surface area contributed by atoms with Crippen molar-refractivity contribution in [3.8, 4) is 0 Å². The Labute approximate surface area is 166 Å². The second-order valence-electron chi connectivity index (χ2n) is 7.75. The molecule has 0 N–H and O–H groups in total. The molecule has 1 unspecified atom stereocenters. The first-order valence-corrected chi connectivity index (χ1v) is 9.91. The normalized spacial score (nSPS) is 21.7. The molecule has 2 aromatic rings. The standard InChI is InChI=1S/C19H24F3N5O2/c20-19(21,22)13-25-7-9-26(10-8-25)16(28)11-14-3-2-6-27(12-14)18-24-17-15(29-18)4-1-5-23-17/h1,4-5,14H,2-3,6-13H2. The minimum atomic E-state index is -4.20. The Bertz CT molecular complexity index is 815. The second kappa shape index (κ2) is 8.17. The lowest BCUT2D eigenvalue weighted by atomic mass is 9.94. The van der Waals surface area contributed by atoms with Crippen LogP contribution in [0, 0.1) is 5.92 Å². The Morgan fingerprint density at radius 3 is 2.72 bits per heavy atom. The summed E-state index contributed by atoms with van der Waals surface area (Å²) in [5.74, 6) is 0.190. The lowest BCUT2D eigenvalue weighted by molar-refractivity contribution is -0.152. The Morgan fingerprint density at radius 2 is 2.00 bits per heavy atom. The van der Waals surface area contributed by atoms with Crippen LogP contribution in [-0.2, 0) is 4.79 Å². The molecule has 2 saturated heterocycles. The van der Waals surface area contributed by atoms with Crippen LogP contribution >= 0.6 is 0 Å². The fourth-order valence-corrected chi connectivity index (χ4v) is 4.08. The third kappa shape index (κ3) is 4.98. The maximum absolute atomic E-state index is 12.7. The molecule has 7 nitrogen and oxygen atoms in total. The van der Waals surface area contributed by atoms with E-state index in [1.807, 2.05) is 11.0 Å². The van der Waals surface area contributed by atoms with Crippen molar-refractivity contribution in [1.29, 1.82) is 0 Å². The van der Waals surface area contributed by atoms with Crippen LogP contribution in [0.15, 0.2) is 22.7 Å². The van der Waals surface area contributed by atoms with E-state index in [-0.39, 0.29) is 24.9 Å². The van der Waals surface area contributed by atoms with E-state index in [2.05, 4.69) is 9.97 Å². The number of halogens is 3. The third-order valence-electron chi connectivity index (χ3n) is 5.53. The molecule has 2 fully saturated rings. The number of oxazole rings is 1. The average molecular weight is 411 g/mol. The van der Waals surface area contributed by atoms with Gasteiger partial charge in [0, 0.05) is 51.9 Å². The lowest BCUT2D eigenvalue weighted by Gasteiger charge is -2.37. The fourth-order valence-electron chi connectivity index (χ4n) is 4.08. The highest BCUT2D eigenvalue weighted by atomic mass is 19.4. The molecule has 0 aromatic carbocycles. The van der Waals surface area contributed by atoms with Crippen LogP contribution in [0.5, 0.6) is 0 Å². The summed E-state index contributed by atoms with van der Waals surface area (Å²) < 4.78 is 43.3. The number of carbonyl (C=O) groups is 1. The van der Waals surface area contributed by atoms with Crippen LogP contribution in [0.2, 0.25) is 0 Å². The monoisotopic (exact) mass is 411 g/mol. The van der Waals surface area contributed by atoms with Gasteiger partial charge < -0.3 is 14.2 Å². The molecule has 4 heterocycles. The van der Waals surface area contributed by atoms with Crippen molar-refractivity contribution in [3.63, 3.8) is 0 Å². The maximum atomic E-state index is 12.7. The average Bonchev–Trinajstić information content (AvgIpc) is 3.12. The first-order valence-electron chi connectivity index (χ1n) is 9.91. The topological polar surface area (TPSA) is 65.7 Å². The number of carbonyl (C=O) groups excluding carboxylic acids is 1. The summed E-state index contributed by atoms with van der Waals surface area (Å²) in [7, 11) is 0. The minimum absolute atomic E-state index is 0.0164. The molecule has 0 radical (unpaired) electrons. The van der Waals surface area contributed by atoms with Gasteiger partial charge in [0.05, 0.1) is 6.54 Å². The van der Waals surface area contributed by atoms with E-state index in [9.17, 15) is 18.0 Å². The van der Waals surface area contributed by atoms with Crippen molar-refractivity contribution >= 4 is 23.2 Å². The summed E-state index contributed by atoms with van der Waals surface area (Å²) in [5, 5.41) is 0. The first-order chi connectivity index (χ1) is 13.9. The maximum Gasteiger partial charge on any atom is 0.401 e. The molecule has 0 saturated carbocycles. The fraction of sp³-hybridized carbons (Fsp3) is 0.632. The number of amides is 1. The van der Waals surface area contributed by atoms with Crippen LogP contribution in [0.3, 0.4) is 0 Å². The van der Waals surface area contributed by atoms with Gasteiger partial charge in [0.1, 0.15) is 0 Å². The van der Waals surface area contributed by atoms with E-state index in [4.69, 9.17) is 4.42 Å². The molecule has 2 aliphatic heterocycles. The van der Waals surface area contributed by atoms with Gasteiger partial charge in [0.25, 0.3) is 6.01 Å². The predicted octanol–water partition coefficient (Wildman–Crippen LogP) is 2.54. The Morgan fingerprint density at radius 1 is 1.21 bits per heavy atom. The SMILES string of the molecule is O=C(CC1CCCN(c2nc3ncccc3o2)C1)N1CCN(CC(F)(F)F)CC1. The number of hydrogen-bond donors (Lipinski definition) is 0. The number of rotatable bonds is 4. The van der Waals surface area contributed by atoms with E-state index in [0.29, 0.717) is 43.3 Å². The zero-order valence-electron chi connectivity index (χ0n) is 16.1. The van der Waals surface area contributed by atoms with Crippen molar-refractivity contribution < 1.29 is 22.4 Å². The van der Waals surface area contributed by atoms with Crippen LogP contribution in [0.25, 0.3) is 11.2 Å². The minimum Gasteiger partial charge on any atom is -0.422 e. The number of fused-ring (bicyclic) bond motifs is 1. The van der Waals surface area contributed by atoms with E-state index >= 15 is 0 Å². The van der Waals surface area contributed by atoms with Gasteiger partial charge in [-0.25, -0.2) is 4.98 Å². The molecule has 2 aromatic heterocycles. The third-order valence-corrected chi connectivity index (χ3v) is 5.53. The van der Waals surface area contributed by atoms with Gasteiger partial charge in [0.15, 0.2) is 5.58 Å². The zero-order chi connectivity index (χ0) is 20.4. The number of nitrogens with zero attached hydrogens (tertiary/aromatic N) is 5. The van der Waals surface area contributed by atoms with Crippen molar-refractivity contribution in [2.75, 3.05) is 50.7 Å². The van der Waals surface area contributed by atoms with Crippen molar-refractivity contribution in [3.05, 3.63) is 18.3 Å². The molecule has 10 heteroatoms. The molecule has 0 aliphatic carbocycles. The van der Waals surface area contributed by atoms with Crippen LogP contribution in [0.4, 0.5) is 19.2 Å². The van der Waals surface area contributed by atoms with Gasteiger partial charge in [-0.3, -0.25) is 9.69 Å². The molecule has 2 aliphatic rings. The number of piperidine rings is 1. The van der Waals surface area contributed by atoms with E-state index in [1.54, 1.807) is 17.2 Å². The van der Waals surface area contributed by atoms with E-state index < -0.39 is 12.7 Å². The number of piperazine rings is 1. The highest BCUT2D eigenvalue weighted by Crippen LogP contribution is 2.27. The highest BCUT2D eigenvalue weighted by Gasteiger charge is 2.33. The van der Waals surface area contributed by atoms with Crippen LogP contribution in [0.1, 0.15) is 19.3 Å². The van der Waals surface area contributed by atoms with Crippen molar-refractivity contribution in [2.45, 2.75) is 25.4 Å². The summed E-state index contributed by atoms with van der Waals surface area (Å²) in [6.07, 6.45) is -0.259. The van der Waals surface area contributed by atoms with Crippen LogP contribution in [-0.4, -0.2) is 77.7 Å². The summed E-state index contributed by atoms with van der Waals surface area (Å²) in [6, 6.07) is 4.14. The van der Waals surface area contributed by atoms with Gasteiger partial charge in [-0.05, 0) is 30.9 Å². The molecule has 4 rings (SSSR count). The van der Waals surface area contributed by atoms with Gasteiger partial charge in [0.2, 0.25) is 11.6 Å². The zero-order valence-corrected chi connectivity index (χ0v) is 16.1. The molecular formula is C19H24F3N5O2. The van der Waals surface area contributed by atoms with E-state index in [0.717, 1.165) is 19.4 Å². The number of anilines is 1. The molecule has 1 amide bonds. The van der Waals surface area contributed by atoms with E-state index in [1.165, 1.54) is 4.90 Å². The highest BCUT2D eigenvalue weighted by molar-refractivity contribution is 5.76. The lowest BCUT2D eigenvalue weighted by Crippen LogP contribution is -2.51. The largest absolute Gasteiger partial charge is 0.422 e. The molecular weight excluding hydrogens is 387 g/mol. The second-order valence-corrected chi connectivity index (χ2v) is 7.75. The summed E-state index contributed by atoms with van der Waals surface area (Å²) in [4.78, 5) is 26.4. The number of alkyl halides is 3. The molecule has 29 heavy (non-hydrogen) atoms. The smallest absolute Gasteiger partial charge is 0.401 e. The first kappa shape index (κ1) is 19.9. The van der Waals surface area contributed by atoms with Gasteiger partial charge in [-0.1, -0.05) is 0 Å². The Hall–Kier alpha value is -2.36. The van der Waals surface area contributed by atoms with Crippen molar-refractivity contribution in [2.24, 2.45) is 5.92 Å². The summed E-state index contributed by atoms with van der Waals surface area (Å²) >= 11 is 0. The molecule has 0 bridgehead atoms. The Balaban J connectivity index is 1.30. The van der Waals surface area contributed by atoms with Crippen LogP contribution < -0.4 is 4.90 Å². The number of hydrogen-bond acceptors (Lipinski definition) is 6. The molecule has 158 valence electrons. The number of pyridine rings is 1. The molecule has 1 atom stereocenters. The van der Waals surface area contributed by atoms with Gasteiger partial charge in [-0.2, -0.15) is 18.2 Å². The predicted molar refractivity (Wildman–Crippen MR) is 100 cm³/mol. The Kier molecular flexibility index (Phi) is 5.62. The van der Waals surface area contributed by atoms with Crippen molar-refractivity contribution in [1.82, 2.24) is 19.8 Å². The quantitative estimate of drug-likeness (QED) is 0.771. The summed E-state index contributed by atoms with van der Waals surface area (Å²) in [6.45, 7) is 1.80. The van der Waals surface area contributed by atoms with Gasteiger partial charge in [-0.15, -0.1) is 0 Å². The number of aromatic nitrogens is 2. The van der Waals surface area contributed by atoms with Gasteiger partial charge >= 0.3 is 6.18 Å². The summed E-state index contributed by atoms with van der Waals surface area (Å²) in [5.41, 5.74) is 1.20.